The van der Waals surface area contributed by atoms with Crippen molar-refractivity contribution in [3.63, 3.8) is 0 Å². The number of aromatic nitrogens is 1. The molecule has 0 unspecified atom stereocenters. The van der Waals surface area contributed by atoms with Crippen LogP contribution in [0, 0.1) is 0 Å². The second-order valence-corrected chi connectivity index (χ2v) is 3.73. The first-order valence-electron chi connectivity index (χ1n) is 4.50. The van der Waals surface area contributed by atoms with E-state index in [1.807, 2.05) is 5.43 Å². The van der Waals surface area contributed by atoms with E-state index in [1.54, 1.807) is 0 Å². The predicted octanol–water partition coefficient (Wildman–Crippen LogP) is 1.85. The number of nitrogens with two attached hydrogens (primary N) is 1. The molecule has 0 spiro atoms. The number of halogens is 4. The van der Waals surface area contributed by atoms with E-state index in [-0.39, 0.29) is 10.7 Å². The minimum absolute atomic E-state index is 0.0441. The highest BCUT2D eigenvalue weighted by Gasteiger charge is 2.32. The van der Waals surface area contributed by atoms with Crippen molar-refractivity contribution in [2.24, 2.45) is 5.84 Å². The highest BCUT2D eigenvalue weighted by atomic mass is 35.5. The second kappa shape index (κ2) is 4.89. The lowest BCUT2D eigenvalue weighted by molar-refractivity contribution is -0.137. The summed E-state index contributed by atoms with van der Waals surface area (Å²) >= 11 is 5.65. The van der Waals surface area contributed by atoms with Gasteiger partial charge in [-0.05, 0) is 13.0 Å². The molecule has 0 fully saturated rings. The van der Waals surface area contributed by atoms with Gasteiger partial charge < -0.3 is 0 Å². The molecule has 0 aliphatic rings. The first kappa shape index (κ1) is 13.7. The third-order valence-corrected chi connectivity index (χ3v) is 2.45. The monoisotopic (exact) mass is 267 g/mol. The van der Waals surface area contributed by atoms with E-state index >= 15 is 0 Å². The molecule has 0 aliphatic heterocycles. The van der Waals surface area contributed by atoms with Crippen LogP contribution in [0.5, 0.6) is 0 Å². The molecule has 0 bridgehead atoms. The van der Waals surface area contributed by atoms with Crippen LogP contribution in [0.25, 0.3) is 0 Å². The fourth-order valence-corrected chi connectivity index (χ4v) is 1.50. The highest BCUT2D eigenvalue weighted by molar-refractivity contribution is 6.31. The Balaban J connectivity index is 3.10. The van der Waals surface area contributed by atoms with Crippen LogP contribution < -0.4 is 11.3 Å². The molecule has 1 rings (SSSR count). The number of amides is 1. The van der Waals surface area contributed by atoms with Crippen LogP contribution in [0.15, 0.2) is 12.3 Å². The third kappa shape index (κ3) is 3.07. The Morgan fingerprint density at radius 3 is 2.59 bits per heavy atom. The normalized spacial score (nSPS) is 13.3. The number of rotatable bonds is 2. The maximum absolute atomic E-state index is 12.3. The molecule has 4 nitrogen and oxygen atoms in total. The molecule has 1 amide bonds. The van der Waals surface area contributed by atoms with Crippen LogP contribution >= 0.6 is 11.6 Å². The van der Waals surface area contributed by atoms with Gasteiger partial charge in [-0.2, -0.15) is 13.2 Å². The number of hydrogen-bond acceptors (Lipinski definition) is 3. The van der Waals surface area contributed by atoms with Gasteiger partial charge in [-0.25, -0.2) is 5.84 Å². The topological polar surface area (TPSA) is 68.0 Å². The first-order valence-corrected chi connectivity index (χ1v) is 4.88. The molecule has 94 valence electrons. The van der Waals surface area contributed by atoms with Gasteiger partial charge in [0.15, 0.2) is 0 Å². The van der Waals surface area contributed by atoms with Crippen molar-refractivity contribution >= 4 is 17.5 Å². The van der Waals surface area contributed by atoms with Gasteiger partial charge in [-0.3, -0.25) is 15.2 Å². The summed E-state index contributed by atoms with van der Waals surface area (Å²) in [5.41, 5.74) is 0.953. The van der Waals surface area contributed by atoms with E-state index in [4.69, 9.17) is 17.4 Å². The lowest BCUT2D eigenvalue weighted by Crippen LogP contribution is -2.34. The quantitative estimate of drug-likeness (QED) is 0.488. The standard InChI is InChI=1S/C9H9ClF3N3O/c1-4(8(17)16-14)7-6(10)2-5(3-15-7)9(11,12)13/h2-4H,14H2,1H3,(H,16,17)/t4-/m1/s1. The van der Waals surface area contributed by atoms with Crippen molar-refractivity contribution < 1.29 is 18.0 Å². The number of pyridine rings is 1. The minimum atomic E-state index is -4.52. The van der Waals surface area contributed by atoms with Gasteiger partial charge in [0.2, 0.25) is 5.91 Å². The van der Waals surface area contributed by atoms with Crippen molar-refractivity contribution in [2.45, 2.75) is 19.0 Å². The molecule has 8 heteroatoms. The lowest BCUT2D eigenvalue weighted by Gasteiger charge is -2.13. The fourth-order valence-electron chi connectivity index (χ4n) is 1.17. The van der Waals surface area contributed by atoms with Crippen LogP contribution in [0.3, 0.4) is 0 Å². The molecule has 1 heterocycles. The molecule has 1 aromatic heterocycles. The van der Waals surface area contributed by atoms with Gasteiger partial charge in [0.25, 0.3) is 0 Å². The Morgan fingerprint density at radius 1 is 1.59 bits per heavy atom. The summed E-state index contributed by atoms with van der Waals surface area (Å²) in [6, 6.07) is 0.726. The van der Waals surface area contributed by atoms with Crippen LogP contribution in [0.4, 0.5) is 13.2 Å². The van der Waals surface area contributed by atoms with Gasteiger partial charge in [-0.1, -0.05) is 11.6 Å². The molecule has 1 aromatic rings. The summed E-state index contributed by atoms with van der Waals surface area (Å²) in [5, 5.41) is -0.226. The molecule has 17 heavy (non-hydrogen) atoms. The Hall–Kier alpha value is -1.34. The van der Waals surface area contributed by atoms with Crippen molar-refractivity contribution in [1.29, 1.82) is 0 Å². The third-order valence-electron chi connectivity index (χ3n) is 2.14. The summed E-state index contributed by atoms with van der Waals surface area (Å²) in [6.07, 6.45) is -3.89. The van der Waals surface area contributed by atoms with E-state index < -0.39 is 23.6 Å². The van der Waals surface area contributed by atoms with Crippen LogP contribution in [-0.2, 0) is 11.0 Å². The van der Waals surface area contributed by atoms with Gasteiger partial charge >= 0.3 is 6.18 Å². The first-order chi connectivity index (χ1) is 7.77. The van der Waals surface area contributed by atoms with E-state index in [9.17, 15) is 18.0 Å². The smallest absolute Gasteiger partial charge is 0.294 e. The Morgan fingerprint density at radius 2 is 2.18 bits per heavy atom. The molecule has 0 aliphatic carbocycles. The predicted molar refractivity (Wildman–Crippen MR) is 55.0 cm³/mol. The lowest BCUT2D eigenvalue weighted by atomic mass is 10.1. The summed E-state index contributed by atoms with van der Waals surface area (Å²) in [4.78, 5) is 14.7. The maximum Gasteiger partial charge on any atom is 0.417 e. The number of nitrogens with zero attached hydrogens (tertiary/aromatic N) is 1. The molecule has 0 aromatic carbocycles. The number of alkyl halides is 3. The Labute approximate surface area is 99.9 Å². The molecule has 0 radical (unpaired) electrons. The second-order valence-electron chi connectivity index (χ2n) is 3.32. The van der Waals surface area contributed by atoms with Gasteiger partial charge in [0, 0.05) is 6.20 Å². The number of hydrogen-bond donors (Lipinski definition) is 2. The van der Waals surface area contributed by atoms with Crippen LogP contribution in [-0.4, -0.2) is 10.9 Å². The van der Waals surface area contributed by atoms with E-state index in [0.29, 0.717) is 6.20 Å². The average molecular weight is 268 g/mol. The summed E-state index contributed by atoms with van der Waals surface area (Å²) in [6.45, 7) is 1.43. The van der Waals surface area contributed by atoms with E-state index in [1.165, 1.54) is 6.92 Å². The van der Waals surface area contributed by atoms with Crippen LogP contribution in [0.1, 0.15) is 24.1 Å². The fraction of sp³-hybridized carbons (Fsp3) is 0.333. The molecule has 0 saturated carbocycles. The van der Waals surface area contributed by atoms with Crippen LogP contribution in [0.2, 0.25) is 5.02 Å². The van der Waals surface area contributed by atoms with Crippen molar-refractivity contribution in [2.75, 3.05) is 0 Å². The average Bonchev–Trinajstić information content (AvgIpc) is 2.25. The van der Waals surface area contributed by atoms with E-state index in [2.05, 4.69) is 4.98 Å². The van der Waals surface area contributed by atoms with Crippen molar-refractivity contribution in [3.8, 4) is 0 Å². The Kier molecular flexibility index (Phi) is 3.94. The SMILES string of the molecule is C[C@@H](C(=O)NN)c1ncc(C(F)(F)F)cc1Cl. The molecular formula is C9H9ClF3N3O. The number of carbonyl (C=O) groups excluding carboxylic acids is 1. The van der Waals surface area contributed by atoms with Gasteiger partial charge in [-0.15, -0.1) is 0 Å². The van der Waals surface area contributed by atoms with E-state index in [0.717, 1.165) is 6.07 Å². The van der Waals surface area contributed by atoms with Crippen molar-refractivity contribution in [3.05, 3.63) is 28.5 Å². The minimum Gasteiger partial charge on any atom is -0.294 e. The largest absolute Gasteiger partial charge is 0.417 e. The zero-order valence-electron chi connectivity index (χ0n) is 8.68. The van der Waals surface area contributed by atoms with Gasteiger partial charge in [0.1, 0.15) is 0 Å². The number of nitrogens with one attached hydrogen (secondary N) is 1. The number of carbonyl (C=O) groups is 1. The molecule has 3 N–H and O–H groups in total. The molecule has 1 atom stereocenters. The molecule has 0 saturated heterocycles. The Bertz CT molecular complexity index is 436. The molecular weight excluding hydrogens is 259 g/mol. The summed E-state index contributed by atoms with van der Waals surface area (Å²) in [7, 11) is 0. The van der Waals surface area contributed by atoms with Crippen molar-refractivity contribution in [1.82, 2.24) is 10.4 Å². The van der Waals surface area contributed by atoms with Gasteiger partial charge in [0.05, 0.1) is 22.2 Å². The maximum atomic E-state index is 12.3. The zero-order chi connectivity index (χ0) is 13.2. The summed E-state index contributed by atoms with van der Waals surface area (Å²) < 4.78 is 37.0. The summed E-state index contributed by atoms with van der Waals surface area (Å²) in [5.74, 6) is 3.50. The highest BCUT2D eigenvalue weighted by Crippen LogP contribution is 2.32. The number of hydrazine groups is 1. The zero-order valence-corrected chi connectivity index (χ0v) is 9.43.